The molecule has 3 aliphatic heterocycles. The Balaban J connectivity index is 0.000000175. The molecule has 458 valence electrons. The zero-order chi connectivity index (χ0) is 60.0. The van der Waals surface area contributed by atoms with Gasteiger partial charge in [0.2, 0.25) is 11.6 Å². The number of fused-ring (bicyclic) bond motifs is 1. The molecule has 3 saturated heterocycles. The molecular formula is C60H87F8NO9S3+2. The van der Waals surface area contributed by atoms with Gasteiger partial charge >= 0.3 is 23.1 Å². The second-order valence-corrected chi connectivity index (χ2v) is 32.4. The van der Waals surface area contributed by atoms with Crippen LogP contribution in [0, 0.1) is 45.8 Å². The highest BCUT2D eigenvalue weighted by Crippen LogP contribution is 2.60. The van der Waals surface area contributed by atoms with Gasteiger partial charge < -0.3 is 18.9 Å². The smallest absolute Gasteiger partial charge is 0.427 e. The minimum Gasteiger partial charge on any atom is -0.497 e. The first-order chi connectivity index (χ1) is 37.6. The molecule has 0 N–H and O–H groups in total. The first kappa shape index (κ1) is 67.2. The molecule has 4 bridgehead atoms. The molecule has 0 spiro atoms. The lowest BCUT2D eigenvalue weighted by atomic mass is 9.49. The van der Waals surface area contributed by atoms with E-state index in [0.717, 1.165) is 112 Å². The van der Waals surface area contributed by atoms with Crippen molar-refractivity contribution in [1.29, 1.82) is 0 Å². The molecule has 21 heteroatoms. The summed E-state index contributed by atoms with van der Waals surface area (Å²) < 4.78 is 151. The van der Waals surface area contributed by atoms with Gasteiger partial charge in [0.25, 0.3) is 15.9 Å². The van der Waals surface area contributed by atoms with Crippen molar-refractivity contribution in [2.45, 2.75) is 160 Å². The number of ether oxygens (including phenoxy) is 4. The number of alkyl halides is 8. The second kappa shape index (κ2) is 27.2. The van der Waals surface area contributed by atoms with Gasteiger partial charge in [-0.2, -0.15) is 30.6 Å². The monoisotopic (exact) mass is 1210 g/mol. The summed E-state index contributed by atoms with van der Waals surface area (Å²) in [4.78, 5) is 38.1. The third kappa shape index (κ3) is 16.7. The first-order valence-electron chi connectivity index (χ1n) is 28.6. The van der Waals surface area contributed by atoms with Crippen LogP contribution in [0.15, 0.2) is 54.6 Å². The molecule has 0 radical (unpaired) electrons. The van der Waals surface area contributed by atoms with E-state index in [1.54, 1.807) is 7.11 Å². The fraction of sp³-hybridized carbons (Fsp3) is 0.750. The van der Waals surface area contributed by atoms with Crippen LogP contribution in [0.25, 0.3) is 0 Å². The Kier molecular flexibility index (Phi) is 22.5. The Morgan fingerprint density at radius 2 is 1.07 bits per heavy atom. The van der Waals surface area contributed by atoms with Crippen LogP contribution in [0.2, 0.25) is 0 Å². The average Bonchev–Trinajstić information content (AvgIpc) is 3.60. The highest BCUT2D eigenvalue weighted by molar-refractivity contribution is 7.98. The van der Waals surface area contributed by atoms with Crippen LogP contribution in [0.1, 0.15) is 147 Å². The maximum Gasteiger partial charge on any atom is 0.427 e. The van der Waals surface area contributed by atoms with Gasteiger partial charge in [0, 0.05) is 70.7 Å². The predicted molar refractivity (Wildman–Crippen MR) is 304 cm³/mol. The molecule has 10 nitrogen and oxygen atoms in total. The molecule has 2 aromatic carbocycles. The van der Waals surface area contributed by atoms with Crippen molar-refractivity contribution in [1.82, 2.24) is 4.31 Å². The van der Waals surface area contributed by atoms with E-state index in [4.69, 9.17) is 18.9 Å². The van der Waals surface area contributed by atoms with E-state index in [-0.39, 0.29) is 90.5 Å². The van der Waals surface area contributed by atoms with Crippen molar-refractivity contribution < 1.29 is 76.9 Å². The number of hydrogen-bond acceptors (Lipinski definition) is 9. The van der Waals surface area contributed by atoms with E-state index in [1.807, 2.05) is 54.6 Å². The number of sulfonamides is 1. The number of methoxy groups -OCH3 is 1. The molecule has 0 amide bonds. The van der Waals surface area contributed by atoms with Crippen LogP contribution >= 0.6 is 0 Å². The SMILES string of the molecule is CC(C)(C)C(C(=O)c1ccccc1)[S+]1CCOCC1.CC(F)(F)C(F)(F)C(F)(F)S(=O)(=O)N1CCC2CCCCC2C1.CC(F)(F)COC(=O)C12CC3CC(CC(C3)C1)C2.COc1ccc(C(=O)C([S+]2CCOCC2)C(C)(C)C)cc1. The van der Waals surface area contributed by atoms with Crippen molar-refractivity contribution in [3.05, 3.63) is 65.7 Å². The molecule has 8 aliphatic rings. The predicted octanol–water partition coefficient (Wildman–Crippen LogP) is 13.0. The van der Waals surface area contributed by atoms with Crippen LogP contribution < -0.4 is 4.74 Å². The van der Waals surface area contributed by atoms with Crippen molar-refractivity contribution in [3.8, 4) is 5.75 Å². The Labute approximate surface area is 481 Å². The Morgan fingerprint density at radius 1 is 0.642 bits per heavy atom. The summed E-state index contributed by atoms with van der Waals surface area (Å²) in [5, 5.41) is -5.69. The normalized spacial score (nSPS) is 26.7. The lowest BCUT2D eigenvalue weighted by Crippen LogP contribution is -2.61. The topological polar surface area (TPSA) is 126 Å². The number of piperidine rings is 1. The number of ketones is 2. The quantitative estimate of drug-likeness (QED) is 0.0787. The van der Waals surface area contributed by atoms with Crippen molar-refractivity contribution in [2.75, 3.05) is 76.2 Å². The number of carbonyl (C=O) groups excluding carboxylic acids is 3. The summed E-state index contributed by atoms with van der Waals surface area (Å²) in [6.45, 7) is 15.2. The van der Waals surface area contributed by atoms with Gasteiger partial charge in [-0.25, -0.2) is 17.2 Å². The molecule has 5 saturated carbocycles. The molecule has 0 aromatic heterocycles. The van der Waals surface area contributed by atoms with Gasteiger partial charge in [0.1, 0.15) is 28.8 Å². The summed E-state index contributed by atoms with van der Waals surface area (Å²) in [5.41, 5.74) is 1.20. The van der Waals surface area contributed by atoms with Gasteiger partial charge in [-0.05, 0) is 105 Å². The molecular weight excluding hydrogens is 1130 g/mol. The van der Waals surface area contributed by atoms with E-state index in [9.17, 15) is 57.9 Å². The molecule has 3 heterocycles. The van der Waals surface area contributed by atoms with Crippen LogP contribution in [0.4, 0.5) is 35.1 Å². The molecule has 4 unspecified atom stereocenters. The van der Waals surface area contributed by atoms with Crippen LogP contribution in [0.5, 0.6) is 5.75 Å². The minimum atomic E-state index is -5.98. The lowest BCUT2D eigenvalue weighted by molar-refractivity contribution is -0.272. The molecule has 2 aromatic rings. The number of benzene rings is 2. The maximum absolute atomic E-state index is 13.8. The largest absolute Gasteiger partial charge is 0.497 e. The molecule has 8 fully saturated rings. The van der Waals surface area contributed by atoms with Crippen LogP contribution in [0.3, 0.4) is 0 Å². The van der Waals surface area contributed by atoms with E-state index in [0.29, 0.717) is 30.0 Å². The number of nitrogens with zero attached hydrogens (tertiary/aromatic N) is 1. The fourth-order valence-corrected chi connectivity index (χ4v) is 20.5. The van der Waals surface area contributed by atoms with Gasteiger partial charge in [-0.3, -0.25) is 14.4 Å². The van der Waals surface area contributed by atoms with Crippen LogP contribution in [-0.4, -0.2) is 140 Å². The molecule has 5 aliphatic carbocycles. The summed E-state index contributed by atoms with van der Waals surface area (Å²) >= 11 is 0. The highest BCUT2D eigenvalue weighted by atomic mass is 32.2. The zero-order valence-corrected chi connectivity index (χ0v) is 51.1. The summed E-state index contributed by atoms with van der Waals surface area (Å²) in [7, 11) is -4.00. The van der Waals surface area contributed by atoms with Gasteiger partial charge in [0.15, 0.2) is 17.1 Å². The number of rotatable bonds is 14. The molecule has 81 heavy (non-hydrogen) atoms. The Morgan fingerprint density at radius 3 is 1.48 bits per heavy atom. The van der Waals surface area contributed by atoms with Gasteiger partial charge in [0.05, 0.1) is 39.0 Å². The third-order valence-electron chi connectivity index (χ3n) is 16.9. The third-order valence-corrected chi connectivity index (χ3v) is 24.7. The second-order valence-electron chi connectivity index (χ2n) is 25.7. The van der Waals surface area contributed by atoms with Gasteiger partial charge in [-0.1, -0.05) is 91.1 Å². The summed E-state index contributed by atoms with van der Waals surface area (Å²) in [6.07, 6.45) is 9.84. The number of carbonyl (C=O) groups is 3. The number of esters is 1. The Bertz CT molecular complexity index is 2450. The highest BCUT2D eigenvalue weighted by Gasteiger charge is 2.76. The van der Waals surface area contributed by atoms with E-state index in [1.165, 1.54) is 19.3 Å². The van der Waals surface area contributed by atoms with Crippen LogP contribution in [-0.2, 0) is 50.8 Å². The fourth-order valence-electron chi connectivity index (χ4n) is 13.4. The van der Waals surface area contributed by atoms with Gasteiger partial charge in [-0.15, -0.1) is 0 Å². The average molecular weight is 1210 g/mol. The van der Waals surface area contributed by atoms with Crippen molar-refractivity contribution in [3.63, 3.8) is 0 Å². The zero-order valence-electron chi connectivity index (χ0n) is 48.7. The maximum atomic E-state index is 13.8. The van der Waals surface area contributed by atoms with E-state index in [2.05, 4.69) is 41.5 Å². The van der Waals surface area contributed by atoms with E-state index >= 15 is 0 Å². The summed E-state index contributed by atoms with van der Waals surface area (Å²) in [6, 6.07) is 17.2. The lowest BCUT2D eigenvalue weighted by Gasteiger charge is -2.55. The van der Waals surface area contributed by atoms with Crippen molar-refractivity contribution in [2.24, 2.45) is 45.8 Å². The molecule has 4 atom stereocenters. The standard InChI is InChI=1S/C17H25O3S.C16H23O2S.C14H20F2O2.C13H19F6NO2S/c1-17(2,3)16(21-11-9-20-10-12-21)15(18)13-5-7-14(19-4)8-6-13;1-16(2,3)15(19-11-9-18-10-12-19)14(17)13-7-5-4-6-8-13;1-13(15,16)8-18-12(17)14-5-9-2-10(6-14)4-11(3-9)7-14;1-11(14,15)12(16,17)13(18,19)23(21,22)20-7-6-9-4-2-3-5-10(9)8-20/h5-8,16H,9-12H2,1-4H3;4-8,15H,9-12H2,1-3H3;9-11H,2-8H2,1H3;9-10H,2-8H2,1H3/q2*+1;;. The summed E-state index contributed by atoms with van der Waals surface area (Å²) in [5.74, 6) is -7.12. The number of hydrogen-bond donors (Lipinski definition) is 0. The van der Waals surface area contributed by atoms with Crippen molar-refractivity contribution >= 4 is 49.3 Å². The first-order valence-corrected chi connectivity index (χ1v) is 33.2. The number of Topliss-reactive ketones (excluding diaryl/α,β-unsaturated/α-hetero) is 2. The molecule has 10 rings (SSSR count). The Hall–Kier alpha value is -2.98. The van der Waals surface area contributed by atoms with E-state index < -0.39 is 52.0 Å². The number of halogens is 8. The minimum absolute atomic E-state index is 0.00732.